The maximum absolute atomic E-state index is 14.0. The number of rotatable bonds is 11. The van der Waals surface area contributed by atoms with Crippen LogP contribution in [0.2, 0.25) is 0 Å². The van der Waals surface area contributed by atoms with Crippen molar-refractivity contribution in [2.75, 3.05) is 32.9 Å². The number of carbonyl (C=O) groups is 1. The van der Waals surface area contributed by atoms with Gasteiger partial charge in [-0.15, -0.1) is 11.3 Å². The van der Waals surface area contributed by atoms with Gasteiger partial charge in [-0.25, -0.2) is 4.39 Å². The lowest BCUT2D eigenvalue weighted by Gasteiger charge is -2.16. The molecule has 0 bridgehead atoms. The van der Waals surface area contributed by atoms with Gasteiger partial charge in [-0.1, -0.05) is 0 Å². The number of carbonyl (C=O) groups excluding carboxylic acids is 1. The molecule has 2 heterocycles. The Balaban J connectivity index is 1.38. The predicted molar refractivity (Wildman–Crippen MR) is 167 cm³/mol. The molecule has 210 valence electrons. The average Bonchev–Trinajstić information content (AvgIpc) is 3.53. The van der Waals surface area contributed by atoms with E-state index in [1.54, 1.807) is 13.8 Å². The molecule has 3 aromatic carbocycles. The Bertz CT molecular complexity index is 1490. The standard InChI is InChI=1S/C30H29F2INO4PS/c1-18-13-21(32)14-19(2)27(18)28(35)30-29(25-8-7-24(38-39-33)15-26(25)40-30)37-23-5-3-22(4-6-23)36-12-11-34-10-9-20(16-31)17-34/h3-8,13-15,20,39H,9-12,16-17H2,1-2H3/t20-/m0/s1. The molecule has 1 aliphatic rings. The number of hydrogen-bond acceptors (Lipinski definition) is 6. The number of halogens is 3. The SMILES string of the molecule is Cc1cc(F)cc(C)c1C(=O)c1sc2cc(OPI)ccc2c1Oc1ccc(OCCN2CC[C@@H](CF)C2)cc1. The van der Waals surface area contributed by atoms with Crippen molar-refractivity contribution in [2.45, 2.75) is 20.3 Å². The van der Waals surface area contributed by atoms with Gasteiger partial charge in [0.1, 0.15) is 41.0 Å². The summed E-state index contributed by atoms with van der Waals surface area (Å²) >= 11 is 3.50. The Hall–Kier alpha value is -2.33. The van der Waals surface area contributed by atoms with Gasteiger partial charge in [0.05, 0.1) is 6.67 Å². The number of ether oxygens (including phenoxy) is 2. The molecule has 4 aromatic rings. The summed E-state index contributed by atoms with van der Waals surface area (Å²) in [7, 11) is 0. The van der Waals surface area contributed by atoms with Crippen LogP contribution in [0.15, 0.2) is 54.6 Å². The van der Waals surface area contributed by atoms with Crippen LogP contribution in [0, 0.1) is 25.6 Å². The van der Waals surface area contributed by atoms with Crippen LogP contribution in [-0.2, 0) is 0 Å². The zero-order valence-electron chi connectivity index (χ0n) is 22.1. The van der Waals surface area contributed by atoms with Crippen molar-refractivity contribution in [3.8, 4) is 23.0 Å². The normalized spacial score (nSPS) is 15.8. The molecule has 40 heavy (non-hydrogen) atoms. The van der Waals surface area contributed by atoms with Gasteiger partial charge in [-0.2, -0.15) is 0 Å². The van der Waals surface area contributed by atoms with Crippen LogP contribution < -0.4 is 14.0 Å². The van der Waals surface area contributed by atoms with Crippen LogP contribution in [0.4, 0.5) is 8.78 Å². The lowest BCUT2D eigenvalue weighted by atomic mass is 9.97. The van der Waals surface area contributed by atoms with Crippen molar-refractivity contribution in [3.05, 3.63) is 82.0 Å². The van der Waals surface area contributed by atoms with Crippen LogP contribution >= 0.6 is 39.8 Å². The molecule has 0 saturated carbocycles. The molecule has 1 fully saturated rings. The molecule has 1 unspecified atom stereocenters. The number of hydrogen-bond donors (Lipinski definition) is 0. The predicted octanol–water partition coefficient (Wildman–Crippen LogP) is 8.67. The lowest BCUT2D eigenvalue weighted by Crippen LogP contribution is -2.26. The topological polar surface area (TPSA) is 48.0 Å². The van der Waals surface area contributed by atoms with Gasteiger partial charge < -0.3 is 14.0 Å². The molecule has 1 aromatic heterocycles. The molecule has 0 radical (unpaired) electrons. The van der Waals surface area contributed by atoms with Crippen molar-refractivity contribution in [2.24, 2.45) is 5.92 Å². The summed E-state index contributed by atoms with van der Waals surface area (Å²) < 4.78 is 45.6. The van der Waals surface area contributed by atoms with Gasteiger partial charge in [0.2, 0.25) is 5.78 Å². The number of fused-ring (bicyclic) bond motifs is 1. The van der Waals surface area contributed by atoms with E-state index in [0.717, 1.165) is 41.9 Å². The molecular formula is C30H29F2INO4PS. The van der Waals surface area contributed by atoms with Gasteiger partial charge in [0.25, 0.3) is 0 Å². The van der Waals surface area contributed by atoms with Gasteiger partial charge in [-0.3, -0.25) is 14.1 Å². The number of benzene rings is 3. The molecule has 0 N–H and O–H groups in total. The number of nitrogens with zero attached hydrogens (tertiary/aromatic N) is 1. The molecule has 0 aliphatic carbocycles. The lowest BCUT2D eigenvalue weighted by molar-refractivity contribution is 0.103. The fourth-order valence-electron chi connectivity index (χ4n) is 5.05. The Morgan fingerprint density at radius 3 is 2.45 bits per heavy atom. The number of thiophene rings is 1. The van der Waals surface area contributed by atoms with Crippen molar-refractivity contribution in [1.29, 1.82) is 0 Å². The van der Waals surface area contributed by atoms with Crippen molar-refractivity contribution in [3.63, 3.8) is 0 Å². The Morgan fingerprint density at radius 1 is 1.07 bits per heavy atom. The first-order valence-corrected chi connectivity index (χ1v) is 17.8. The number of aryl methyl sites for hydroxylation is 2. The van der Waals surface area contributed by atoms with Crippen LogP contribution in [0.25, 0.3) is 10.1 Å². The third-order valence-corrected chi connectivity index (χ3v) is 9.12. The van der Waals surface area contributed by atoms with Crippen molar-refractivity contribution < 1.29 is 27.6 Å². The number of ketones is 1. The number of alkyl halides is 1. The zero-order valence-corrected chi connectivity index (χ0v) is 26.1. The molecule has 5 nitrogen and oxygen atoms in total. The second-order valence-electron chi connectivity index (χ2n) is 9.87. The largest absolute Gasteiger partial charge is 0.492 e. The summed E-state index contributed by atoms with van der Waals surface area (Å²) in [5.74, 6) is 2.02. The monoisotopic (exact) mass is 695 g/mol. The minimum Gasteiger partial charge on any atom is -0.492 e. The van der Waals surface area contributed by atoms with Crippen molar-refractivity contribution in [1.82, 2.24) is 4.90 Å². The van der Waals surface area contributed by atoms with Crippen LogP contribution in [0.3, 0.4) is 0 Å². The average molecular weight is 696 g/mol. The Labute approximate surface area is 251 Å². The van der Waals surface area contributed by atoms with Crippen LogP contribution in [0.5, 0.6) is 23.0 Å². The Kier molecular flexibility index (Phi) is 9.56. The highest BCUT2D eigenvalue weighted by atomic mass is 127. The maximum atomic E-state index is 14.0. The van der Waals surface area contributed by atoms with E-state index < -0.39 is 0 Å². The second kappa shape index (κ2) is 13.1. The Morgan fingerprint density at radius 2 is 1.77 bits per heavy atom. The van der Waals surface area contributed by atoms with Crippen LogP contribution in [0.1, 0.15) is 32.8 Å². The molecule has 0 spiro atoms. The smallest absolute Gasteiger partial charge is 0.207 e. The molecule has 5 rings (SSSR count). The third-order valence-electron chi connectivity index (χ3n) is 7.01. The summed E-state index contributed by atoms with van der Waals surface area (Å²) in [5.41, 5.74) is 1.64. The molecule has 0 amide bonds. The number of likely N-dealkylation sites (tertiary alicyclic amines) is 1. The molecule has 10 heteroatoms. The highest BCUT2D eigenvalue weighted by Crippen LogP contribution is 2.44. The van der Waals surface area contributed by atoms with E-state index in [0.29, 0.717) is 45.4 Å². The summed E-state index contributed by atoms with van der Waals surface area (Å²) in [5, 5.41) is 0.799. The second-order valence-corrected chi connectivity index (χ2v) is 12.6. The van der Waals surface area contributed by atoms with Gasteiger partial charge in [0, 0.05) is 34.7 Å². The quantitative estimate of drug-likeness (QED) is 0.0894. The maximum Gasteiger partial charge on any atom is 0.207 e. The summed E-state index contributed by atoms with van der Waals surface area (Å²) in [6, 6.07) is 15.7. The van der Waals surface area contributed by atoms with Gasteiger partial charge in [0.15, 0.2) is 5.75 Å². The minimum atomic E-state index is -0.368. The fourth-order valence-corrected chi connectivity index (χ4v) is 7.13. The van der Waals surface area contributed by atoms with E-state index in [1.807, 2.05) is 42.5 Å². The minimum absolute atomic E-state index is 0.142. The summed E-state index contributed by atoms with van der Waals surface area (Å²) in [6.07, 6.45) is 0.900. The van der Waals surface area contributed by atoms with E-state index in [1.165, 1.54) is 23.5 Å². The first-order chi connectivity index (χ1) is 19.4. The molecule has 2 atom stereocenters. The van der Waals surface area contributed by atoms with E-state index >= 15 is 0 Å². The van der Waals surface area contributed by atoms with Gasteiger partial charge in [-0.05, 0) is 115 Å². The zero-order chi connectivity index (χ0) is 28.2. The highest BCUT2D eigenvalue weighted by molar-refractivity contribution is 14.2. The van der Waals surface area contributed by atoms with E-state index in [2.05, 4.69) is 26.9 Å². The van der Waals surface area contributed by atoms with E-state index in [4.69, 9.17) is 14.0 Å². The van der Waals surface area contributed by atoms with Crippen molar-refractivity contribution >= 4 is 55.7 Å². The molecule has 1 aliphatic heterocycles. The van der Waals surface area contributed by atoms with E-state index in [-0.39, 0.29) is 30.6 Å². The summed E-state index contributed by atoms with van der Waals surface area (Å²) in [6.45, 7) is 6.45. The van der Waals surface area contributed by atoms with Crippen LogP contribution in [-0.4, -0.2) is 43.6 Å². The third kappa shape index (κ3) is 6.59. The molecular weight excluding hydrogens is 666 g/mol. The van der Waals surface area contributed by atoms with Gasteiger partial charge >= 0.3 is 0 Å². The highest BCUT2D eigenvalue weighted by Gasteiger charge is 2.25. The first kappa shape index (κ1) is 29.2. The van der Waals surface area contributed by atoms with E-state index in [9.17, 15) is 13.6 Å². The molecule has 1 saturated heterocycles. The summed E-state index contributed by atoms with van der Waals surface area (Å²) in [4.78, 5) is 16.5. The first-order valence-electron chi connectivity index (χ1n) is 13.0. The fraction of sp³-hybridized carbons (Fsp3) is 0.300.